The average Bonchev–Trinajstić information content (AvgIpc) is 2.87. The molecular formula is C36H37N2O+. The molecule has 0 saturated heterocycles. The van der Waals surface area contributed by atoms with Gasteiger partial charge in [0.15, 0.2) is 6.20 Å². The minimum atomic E-state index is -0.422. The maximum atomic E-state index is 7.60. The van der Waals surface area contributed by atoms with Crippen molar-refractivity contribution in [3.8, 4) is 22.8 Å². The molecule has 0 aliphatic carbocycles. The van der Waals surface area contributed by atoms with Gasteiger partial charge in [-0.15, -0.1) is 0 Å². The predicted octanol–water partition coefficient (Wildman–Crippen LogP) is 9.19. The van der Waals surface area contributed by atoms with Crippen molar-refractivity contribution in [3.05, 3.63) is 88.4 Å². The summed E-state index contributed by atoms with van der Waals surface area (Å²) in [7, 11) is 2.15. The van der Waals surface area contributed by atoms with Crippen molar-refractivity contribution in [2.75, 3.05) is 0 Å². The summed E-state index contributed by atoms with van der Waals surface area (Å²) in [5.41, 5.74) is 7.13. The lowest BCUT2D eigenvalue weighted by Crippen LogP contribution is -2.32. The zero-order valence-corrected chi connectivity index (χ0v) is 24.4. The Hall–Kier alpha value is -3.90. The third kappa shape index (κ3) is 4.14. The second-order valence-corrected chi connectivity index (χ2v) is 13.3. The molecule has 0 N–H and O–H groups in total. The van der Waals surface area contributed by atoms with Crippen molar-refractivity contribution in [2.24, 2.45) is 12.5 Å². The molecule has 1 aliphatic heterocycles. The topological polar surface area (TPSA) is 17.5 Å². The number of hydrogen-bond acceptors (Lipinski definition) is 1. The molecule has 1 aromatic heterocycles. The van der Waals surface area contributed by atoms with E-state index in [4.69, 9.17) is 11.3 Å². The van der Waals surface area contributed by atoms with E-state index in [1.807, 2.05) is 13.8 Å². The lowest BCUT2D eigenvalue weighted by molar-refractivity contribution is -0.659. The van der Waals surface area contributed by atoms with Crippen molar-refractivity contribution in [1.82, 2.24) is 0 Å². The van der Waals surface area contributed by atoms with Crippen molar-refractivity contribution >= 4 is 32.3 Å². The molecule has 0 amide bonds. The Morgan fingerprint density at radius 3 is 2.33 bits per heavy atom. The lowest BCUT2D eigenvalue weighted by Gasteiger charge is -2.28. The number of aryl methyl sites for hydroxylation is 3. The summed E-state index contributed by atoms with van der Waals surface area (Å²) in [6.07, 6.45) is 3.84. The molecule has 4 aromatic carbocycles. The van der Waals surface area contributed by atoms with Crippen molar-refractivity contribution < 1.29 is 9.30 Å². The van der Waals surface area contributed by atoms with Gasteiger partial charge >= 0.3 is 0 Å². The van der Waals surface area contributed by atoms with Crippen LogP contribution >= 0.6 is 0 Å². The van der Waals surface area contributed by atoms with E-state index in [9.17, 15) is 0 Å². The third-order valence-corrected chi connectivity index (χ3v) is 8.14. The van der Waals surface area contributed by atoms with Gasteiger partial charge in [-0.25, -0.2) is 11.1 Å². The molecule has 0 bridgehead atoms. The Kier molecular flexibility index (Phi) is 5.57. The lowest BCUT2D eigenvalue weighted by atomic mass is 9.81. The molecule has 0 fully saturated rings. The van der Waals surface area contributed by atoms with Crippen LogP contribution in [0.1, 0.15) is 56.9 Å². The molecule has 3 heteroatoms. The highest BCUT2D eigenvalue weighted by Crippen LogP contribution is 2.52. The summed E-state index contributed by atoms with van der Waals surface area (Å²) >= 11 is 0. The number of aromatic nitrogens is 1. The van der Waals surface area contributed by atoms with Crippen LogP contribution in [0.5, 0.6) is 11.5 Å². The Morgan fingerprint density at radius 2 is 1.62 bits per heavy atom. The van der Waals surface area contributed by atoms with E-state index in [0.29, 0.717) is 0 Å². The molecule has 196 valence electrons. The first kappa shape index (κ1) is 25.4. The molecule has 0 radical (unpaired) electrons. The first-order valence-corrected chi connectivity index (χ1v) is 13.9. The van der Waals surface area contributed by atoms with E-state index in [2.05, 4.69) is 106 Å². The van der Waals surface area contributed by atoms with Gasteiger partial charge in [0.2, 0.25) is 11.2 Å². The number of fused-ring (bicyclic) bond motifs is 5. The van der Waals surface area contributed by atoms with Gasteiger partial charge in [0, 0.05) is 30.9 Å². The number of rotatable bonds is 3. The van der Waals surface area contributed by atoms with Crippen LogP contribution in [0.15, 0.2) is 54.7 Å². The van der Waals surface area contributed by atoms with Gasteiger partial charge < -0.3 is 9.58 Å². The Labute approximate surface area is 231 Å². The molecule has 1 aliphatic rings. The van der Waals surface area contributed by atoms with Crippen LogP contribution in [-0.2, 0) is 19.9 Å². The fourth-order valence-corrected chi connectivity index (χ4v) is 6.35. The number of ether oxygens (including phenoxy) is 1. The highest BCUT2D eigenvalue weighted by Gasteiger charge is 2.34. The number of pyridine rings is 1. The second kappa shape index (κ2) is 8.55. The highest BCUT2D eigenvalue weighted by molar-refractivity contribution is 6.16. The molecule has 3 nitrogen and oxygen atoms in total. The largest absolute Gasteiger partial charge is 0.455 e. The van der Waals surface area contributed by atoms with Crippen LogP contribution in [0, 0.1) is 25.8 Å². The van der Waals surface area contributed by atoms with Crippen LogP contribution < -0.4 is 9.30 Å². The molecule has 0 atom stereocenters. The molecule has 6 rings (SSSR count). The normalized spacial score (nSPS) is 13.0. The Morgan fingerprint density at radius 1 is 0.846 bits per heavy atom. The second-order valence-electron chi connectivity index (χ2n) is 13.3. The summed E-state index contributed by atoms with van der Waals surface area (Å²) in [5.74, 6) is 1.93. The molecule has 0 spiro atoms. The van der Waals surface area contributed by atoms with Crippen LogP contribution in [0.3, 0.4) is 0 Å². The monoisotopic (exact) mass is 513 g/mol. The molecule has 0 unspecified atom stereocenters. The summed E-state index contributed by atoms with van der Waals surface area (Å²) in [5, 5.41) is 7.34. The fourth-order valence-electron chi connectivity index (χ4n) is 6.35. The smallest absolute Gasteiger partial charge is 0.231 e. The number of benzene rings is 4. The van der Waals surface area contributed by atoms with Gasteiger partial charge in [-0.1, -0.05) is 62.7 Å². The summed E-state index contributed by atoms with van der Waals surface area (Å²) < 4.78 is 9.25. The Bertz CT molecular complexity index is 1880. The minimum Gasteiger partial charge on any atom is -0.455 e. The summed E-state index contributed by atoms with van der Waals surface area (Å²) in [6, 6.07) is 17.9. The van der Waals surface area contributed by atoms with Gasteiger partial charge in [0.25, 0.3) is 0 Å². The third-order valence-electron chi connectivity index (χ3n) is 8.14. The molecule has 39 heavy (non-hydrogen) atoms. The van der Waals surface area contributed by atoms with Crippen LogP contribution in [-0.4, -0.2) is 5.54 Å². The van der Waals surface area contributed by atoms with Crippen molar-refractivity contribution in [2.45, 2.75) is 66.8 Å². The van der Waals surface area contributed by atoms with E-state index >= 15 is 0 Å². The fraction of sp³-hybridized carbons (Fsp3) is 0.333. The molecule has 0 saturated carbocycles. The van der Waals surface area contributed by atoms with E-state index in [0.717, 1.165) is 29.7 Å². The first-order chi connectivity index (χ1) is 18.4. The van der Waals surface area contributed by atoms with Gasteiger partial charge in [-0.2, -0.15) is 0 Å². The van der Waals surface area contributed by atoms with Gasteiger partial charge in [-0.3, -0.25) is 0 Å². The van der Waals surface area contributed by atoms with Crippen molar-refractivity contribution in [3.63, 3.8) is 0 Å². The van der Waals surface area contributed by atoms with Crippen LogP contribution in [0.25, 0.3) is 48.4 Å². The Balaban J connectivity index is 1.71. The van der Waals surface area contributed by atoms with E-state index in [-0.39, 0.29) is 5.41 Å². The highest BCUT2D eigenvalue weighted by atomic mass is 16.5. The van der Waals surface area contributed by atoms with Gasteiger partial charge in [-0.05, 0) is 64.4 Å². The van der Waals surface area contributed by atoms with Crippen LogP contribution in [0.4, 0.5) is 0 Å². The molecule has 2 heterocycles. The van der Waals surface area contributed by atoms with Crippen molar-refractivity contribution in [1.29, 1.82) is 0 Å². The van der Waals surface area contributed by atoms with E-state index in [1.54, 1.807) is 0 Å². The molecule has 5 aromatic rings. The van der Waals surface area contributed by atoms with E-state index < -0.39 is 5.54 Å². The van der Waals surface area contributed by atoms with E-state index in [1.165, 1.54) is 60.4 Å². The maximum Gasteiger partial charge on any atom is 0.231 e. The zero-order valence-electron chi connectivity index (χ0n) is 24.4. The predicted molar refractivity (Wildman–Crippen MR) is 163 cm³/mol. The summed E-state index contributed by atoms with van der Waals surface area (Å²) in [6.45, 7) is 23.0. The maximum absolute atomic E-state index is 7.60. The number of hydrogen-bond donors (Lipinski definition) is 0. The standard InChI is InChI=1S/C36H37N2O/c1-21-10-13-25-27(16-21)22(2)31-33-32-26(14-15-38(33)9)28-17-23(19-36(6,7)37-8)11-12-24(28)18-30(32)39-34(31)29(25)20-35(3,4)5/h10-18H,19-20H2,1-7,9H3/q+1. The van der Waals surface area contributed by atoms with Gasteiger partial charge in [0.05, 0.1) is 17.4 Å². The number of nitrogens with zero attached hydrogens (tertiary/aromatic N) is 2. The van der Waals surface area contributed by atoms with Gasteiger partial charge in [0.1, 0.15) is 18.5 Å². The molecular weight excluding hydrogens is 476 g/mol. The first-order valence-electron chi connectivity index (χ1n) is 13.9. The quantitative estimate of drug-likeness (QED) is 0.131. The average molecular weight is 514 g/mol. The zero-order chi connectivity index (χ0) is 27.9. The van der Waals surface area contributed by atoms with Crippen LogP contribution in [0.2, 0.25) is 0 Å². The SMILES string of the molecule is [C-]#[N+]C(C)(C)Cc1ccc2cc3c4c([n+](C)ccc4c2c1)-c1c(c(CC(C)(C)C)c2ccc(C)cc2c1C)O3. The minimum absolute atomic E-state index is 0.109. The summed E-state index contributed by atoms with van der Waals surface area (Å²) in [4.78, 5) is 3.85.